The molecule has 0 saturated carbocycles. The van der Waals surface area contributed by atoms with Gasteiger partial charge in [-0.05, 0) is 5.92 Å². The van der Waals surface area contributed by atoms with Gasteiger partial charge >= 0.3 is 0 Å². The zero-order valence-electron chi connectivity index (χ0n) is 14.3. The van der Waals surface area contributed by atoms with E-state index in [0.717, 1.165) is 12.0 Å². The Balaban J connectivity index is 2.07. The van der Waals surface area contributed by atoms with Crippen LogP contribution in [0.5, 0.6) is 0 Å². The van der Waals surface area contributed by atoms with Crippen LogP contribution in [0.4, 0.5) is 0 Å². The van der Waals surface area contributed by atoms with Crippen molar-refractivity contribution in [3.8, 4) is 0 Å². The van der Waals surface area contributed by atoms with Crippen LogP contribution in [0.25, 0.3) is 5.76 Å². The Morgan fingerprint density at radius 2 is 1.82 bits per heavy atom. The van der Waals surface area contributed by atoms with Crippen molar-refractivity contribution in [2.75, 3.05) is 0 Å². The highest BCUT2D eigenvalue weighted by Crippen LogP contribution is 2.34. The first-order valence-electron chi connectivity index (χ1n) is 7.99. The molecule has 122 valence electrons. The highest BCUT2D eigenvalue weighted by molar-refractivity contribution is 5.57. The molecule has 1 aromatic rings. The van der Waals surface area contributed by atoms with Gasteiger partial charge in [-0.2, -0.15) is 0 Å². The van der Waals surface area contributed by atoms with Crippen LogP contribution in [-0.2, 0) is 14.2 Å². The minimum absolute atomic E-state index is 0.0940. The lowest BCUT2D eigenvalue weighted by Crippen LogP contribution is -2.46. The topological polar surface area (TPSA) is 27.7 Å². The van der Waals surface area contributed by atoms with Crippen molar-refractivity contribution in [1.29, 1.82) is 0 Å². The molecule has 0 aromatic heterocycles. The molecule has 1 saturated heterocycles. The molecule has 22 heavy (non-hydrogen) atoms. The average molecular weight is 304 g/mol. The SMILES string of the molecule is C=C(O[C@@H]1C[C@H](C(C)C)O[C@H](C(C)(C)C)O1)c1ccccc1. The summed E-state index contributed by atoms with van der Waals surface area (Å²) in [5, 5.41) is 0. The van der Waals surface area contributed by atoms with Gasteiger partial charge in [-0.25, -0.2) is 0 Å². The summed E-state index contributed by atoms with van der Waals surface area (Å²) in [7, 11) is 0. The molecule has 0 aliphatic carbocycles. The molecule has 2 rings (SSSR count). The van der Waals surface area contributed by atoms with Crippen LogP contribution in [0.2, 0.25) is 0 Å². The predicted octanol–water partition coefficient (Wildman–Crippen LogP) is 4.83. The lowest BCUT2D eigenvalue weighted by molar-refractivity contribution is -0.325. The molecule has 1 aliphatic rings. The Morgan fingerprint density at radius 3 is 2.36 bits per heavy atom. The van der Waals surface area contributed by atoms with E-state index in [1.165, 1.54) is 0 Å². The summed E-state index contributed by atoms with van der Waals surface area (Å²) in [6, 6.07) is 9.91. The standard InChI is InChI=1S/C19H28O3/c1-13(2)16-12-17(22-18(21-16)19(4,5)6)20-14(3)15-10-8-7-9-11-15/h7-11,13,16-18H,3,12H2,1-2,4-6H3/t16-,17+,18+/m1/s1. The second kappa shape index (κ2) is 6.84. The molecule has 0 N–H and O–H groups in total. The van der Waals surface area contributed by atoms with Crippen LogP contribution in [0.3, 0.4) is 0 Å². The van der Waals surface area contributed by atoms with E-state index in [9.17, 15) is 0 Å². The van der Waals surface area contributed by atoms with Gasteiger partial charge in [0.25, 0.3) is 0 Å². The van der Waals surface area contributed by atoms with E-state index in [-0.39, 0.29) is 24.1 Å². The Bertz CT molecular complexity index is 487. The van der Waals surface area contributed by atoms with Crippen LogP contribution in [0.15, 0.2) is 36.9 Å². The molecule has 3 heteroatoms. The largest absolute Gasteiger partial charge is 0.465 e. The van der Waals surface area contributed by atoms with Crippen molar-refractivity contribution in [2.24, 2.45) is 11.3 Å². The Morgan fingerprint density at radius 1 is 1.18 bits per heavy atom. The number of rotatable bonds is 4. The van der Waals surface area contributed by atoms with Crippen molar-refractivity contribution < 1.29 is 14.2 Å². The normalized spacial score (nSPS) is 26.0. The first-order chi connectivity index (χ1) is 10.3. The van der Waals surface area contributed by atoms with E-state index in [0.29, 0.717) is 11.7 Å². The lowest BCUT2D eigenvalue weighted by atomic mass is 9.93. The molecule has 1 heterocycles. The summed E-state index contributed by atoms with van der Waals surface area (Å²) in [6.45, 7) is 14.7. The molecule has 0 amide bonds. The number of hydrogen-bond acceptors (Lipinski definition) is 3. The summed E-state index contributed by atoms with van der Waals surface area (Å²) in [5.41, 5.74) is 0.884. The van der Waals surface area contributed by atoms with Crippen molar-refractivity contribution in [2.45, 2.75) is 59.7 Å². The minimum atomic E-state index is -0.321. The molecule has 0 unspecified atom stereocenters. The Labute approximate surface area is 134 Å². The van der Waals surface area contributed by atoms with E-state index < -0.39 is 0 Å². The Kier molecular flexibility index (Phi) is 5.30. The van der Waals surface area contributed by atoms with Gasteiger partial charge in [-0.15, -0.1) is 0 Å². The van der Waals surface area contributed by atoms with Gasteiger partial charge in [0.1, 0.15) is 5.76 Å². The van der Waals surface area contributed by atoms with Gasteiger partial charge in [0.2, 0.25) is 6.29 Å². The van der Waals surface area contributed by atoms with Gasteiger partial charge < -0.3 is 14.2 Å². The van der Waals surface area contributed by atoms with E-state index in [1.54, 1.807) is 0 Å². The van der Waals surface area contributed by atoms with Crippen molar-refractivity contribution in [3.05, 3.63) is 42.5 Å². The molecule has 0 spiro atoms. The van der Waals surface area contributed by atoms with Crippen LogP contribution >= 0.6 is 0 Å². The minimum Gasteiger partial charge on any atom is -0.465 e. The zero-order chi connectivity index (χ0) is 16.3. The van der Waals surface area contributed by atoms with E-state index in [1.807, 2.05) is 30.3 Å². The van der Waals surface area contributed by atoms with E-state index in [2.05, 4.69) is 41.2 Å². The molecule has 1 aromatic carbocycles. The average Bonchev–Trinajstić information content (AvgIpc) is 2.46. The van der Waals surface area contributed by atoms with E-state index >= 15 is 0 Å². The second-order valence-electron chi connectivity index (χ2n) is 7.32. The summed E-state index contributed by atoms with van der Waals surface area (Å²) >= 11 is 0. The zero-order valence-corrected chi connectivity index (χ0v) is 14.3. The third-order valence-corrected chi connectivity index (χ3v) is 3.82. The number of hydrogen-bond donors (Lipinski definition) is 0. The number of ether oxygens (including phenoxy) is 3. The fraction of sp³-hybridized carbons (Fsp3) is 0.579. The van der Waals surface area contributed by atoms with Gasteiger partial charge in [-0.1, -0.05) is 71.5 Å². The summed E-state index contributed by atoms with van der Waals surface area (Å²) < 4.78 is 18.1. The molecule has 3 nitrogen and oxygen atoms in total. The van der Waals surface area contributed by atoms with Crippen molar-refractivity contribution in [3.63, 3.8) is 0 Å². The van der Waals surface area contributed by atoms with Crippen LogP contribution in [-0.4, -0.2) is 18.7 Å². The maximum atomic E-state index is 6.10. The first kappa shape index (κ1) is 17.0. The van der Waals surface area contributed by atoms with Crippen LogP contribution in [0, 0.1) is 11.3 Å². The summed E-state index contributed by atoms with van der Waals surface area (Å²) in [4.78, 5) is 0. The third kappa shape index (κ3) is 4.34. The highest BCUT2D eigenvalue weighted by Gasteiger charge is 2.39. The molecular weight excluding hydrogens is 276 g/mol. The van der Waals surface area contributed by atoms with Gasteiger partial charge in [0.05, 0.1) is 6.10 Å². The summed E-state index contributed by atoms with van der Waals surface area (Å²) in [5.74, 6) is 1.06. The molecule has 3 atom stereocenters. The fourth-order valence-electron chi connectivity index (χ4n) is 2.39. The van der Waals surface area contributed by atoms with Gasteiger partial charge in [0, 0.05) is 17.4 Å². The van der Waals surface area contributed by atoms with Crippen molar-refractivity contribution >= 4 is 5.76 Å². The van der Waals surface area contributed by atoms with Crippen LogP contribution in [0.1, 0.15) is 46.6 Å². The third-order valence-electron chi connectivity index (χ3n) is 3.82. The smallest absolute Gasteiger partial charge is 0.205 e. The van der Waals surface area contributed by atoms with Gasteiger partial charge in [-0.3, -0.25) is 0 Å². The lowest BCUT2D eigenvalue weighted by Gasteiger charge is -2.42. The molecular formula is C19H28O3. The highest BCUT2D eigenvalue weighted by atomic mass is 16.8. The van der Waals surface area contributed by atoms with Gasteiger partial charge in [0.15, 0.2) is 6.29 Å². The fourth-order valence-corrected chi connectivity index (χ4v) is 2.39. The molecule has 0 radical (unpaired) electrons. The van der Waals surface area contributed by atoms with Crippen LogP contribution < -0.4 is 0 Å². The maximum Gasteiger partial charge on any atom is 0.205 e. The monoisotopic (exact) mass is 304 g/mol. The molecule has 1 fully saturated rings. The summed E-state index contributed by atoms with van der Waals surface area (Å²) in [6.07, 6.45) is 0.252. The predicted molar refractivity (Wildman–Crippen MR) is 89.0 cm³/mol. The molecule has 1 aliphatic heterocycles. The van der Waals surface area contributed by atoms with Crippen molar-refractivity contribution in [1.82, 2.24) is 0 Å². The first-order valence-corrected chi connectivity index (χ1v) is 7.99. The maximum absolute atomic E-state index is 6.10. The quantitative estimate of drug-likeness (QED) is 0.745. The Hall–Kier alpha value is -1.32. The van der Waals surface area contributed by atoms with E-state index in [4.69, 9.17) is 14.2 Å². The molecule has 0 bridgehead atoms. The number of benzene rings is 1. The second-order valence-corrected chi connectivity index (χ2v) is 7.32.